The van der Waals surface area contributed by atoms with Crippen LogP contribution in [0, 0.1) is 0 Å². The second-order valence-corrected chi connectivity index (χ2v) is 8.33. The largest absolute Gasteiger partial charge is 0.394 e. The zero-order chi connectivity index (χ0) is 25.3. The smallest absolute Gasteiger partial charge is 0.187 e. The van der Waals surface area contributed by atoms with E-state index in [0.717, 1.165) is 0 Å². The van der Waals surface area contributed by atoms with Crippen molar-refractivity contribution in [2.24, 2.45) is 0 Å². The van der Waals surface area contributed by atoms with Crippen LogP contribution in [0.4, 0.5) is 0 Å². The van der Waals surface area contributed by atoms with Crippen LogP contribution in [0.2, 0.25) is 0 Å². The highest BCUT2D eigenvalue weighted by molar-refractivity contribution is 4.96. The average Bonchev–Trinajstić information content (AvgIpc) is 2.83. The summed E-state index contributed by atoms with van der Waals surface area (Å²) in [7, 11) is 0. The summed E-state index contributed by atoms with van der Waals surface area (Å²) in [5, 5.41) is 109. The summed E-state index contributed by atoms with van der Waals surface area (Å²) in [6.07, 6.45) is -25.6. The fourth-order valence-electron chi connectivity index (χ4n) is 4.03. The van der Waals surface area contributed by atoms with Crippen molar-refractivity contribution in [2.75, 3.05) is 19.8 Å². The van der Waals surface area contributed by atoms with Crippen molar-refractivity contribution in [1.29, 1.82) is 0 Å². The SMILES string of the molecule is OC[C@@H]1O[C@@H](O[C@@H]2[C@@H](O[C@@H]3O[C@H](CO)[C@@H](O)[C@H](O)[C@H]3O)[C@H](O)[C@@H](CO)O[C@H]2O)[C@@H](O)[C@H](O)[C@H]1O. The second-order valence-electron chi connectivity index (χ2n) is 8.33. The van der Waals surface area contributed by atoms with E-state index < -0.39 is 112 Å². The van der Waals surface area contributed by atoms with Gasteiger partial charge >= 0.3 is 0 Å². The number of aliphatic hydroxyl groups is 11. The van der Waals surface area contributed by atoms with Gasteiger partial charge in [0.15, 0.2) is 18.9 Å². The van der Waals surface area contributed by atoms with E-state index in [-0.39, 0.29) is 0 Å². The maximum absolute atomic E-state index is 10.6. The molecule has 0 saturated carbocycles. The lowest BCUT2D eigenvalue weighted by Gasteiger charge is -2.48. The van der Waals surface area contributed by atoms with Gasteiger partial charge in [-0.15, -0.1) is 0 Å². The Labute approximate surface area is 192 Å². The van der Waals surface area contributed by atoms with Gasteiger partial charge in [0, 0.05) is 0 Å². The zero-order valence-electron chi connectivity index (χ0n) is 17.7. The van der Waals surface area contributed by atoms with Crippen LogP contribution >= 0.6 is 0 Å². The van der Waals surface area contributed by atoms with Crippen molar-refractivity contribution in [2.45, 2.75) is 92.1 Å². The summed E-state index contributed by atoms with van der Waals surface area (Å²) in [5.41, 5.74) is 0. The predicted molar refractivity (Wildman–Crippen MR) is 101 cm³/mol. The molecule has 3 heterocycles. The minimum absolute atomic E-state index is 0.769. The molecule has 34 heavy (non-hydrogen) atoms. The van der Waals surface area contributed by atoms with Crippen LogP contribution in [0.25, 0.3) is 0 Å². The van der Waals surface area contributed by atoms with Gasteiger partial charge in [0.1, 0.15) is 73.2 Å². The van der Waals surface area contributed by atoms with Crippen LogP contribution in [-0.2, 0) is 23.7 Å². The van der Waals surface area contributed by atoms with Crippen molar-refractivity contribution in [3.8, 4) is 0 Å². The molecule has 3 saturated heterocycles. The van der Waals surface area contributed by atoms with Crippen molar-refractivity contribution < 1.29 is 79.9 Å². The summed E-state index contributed by atoms with van der Waals surface area (Å²) in [6, 6.07) is 0. The van der Waals surface area contributed by atoms with Crippen LogP contribution in [0.3, 0.4) is 0 Å². The van der Waals surface area contributed by atoms with E-state index in [9.17, 15) is 56.2 Å². The van der Waals surface area contributed by atoms with Crippen molar-refractivity contribution in [3.05, 3.63) is 0 Å². The van der Waals surface area contributed by atoms with Gasteiger partial charge in [0.25, 0.3) is 0 Å². The number of hydrogen-bond donors (Lipinski definition) is 11. The Balaban J connectivity index is 1.83. The molecule has 0 aromatic rings. The van der Waals surface area contributed by atoms with E-state index in [1.165, 1.54) is 0 Å². The van der Waals surface area contributed by atoms with E-state index in [2.05, 4.69) is 0 Å². The quantitative estimate of drug-likeness (QED) is 0.154. The van der Waals surface area contributed by atoms with Gasteiger partial charge in [0.2, 0.25) is 0 Å². The summed E-state index contributed by atoms with van der Waals surface area (Å²) < 4.78 is 26.5. The Hall–Kier alpha value is -0.640. The molecule has 0 aromatic heterocycles. The number of aliphatic hydroxyl groups excluding tert-OH is 11. The molecule has 0 aromatic carbocycles. The first-order valence-electron chi connectivity index (χ1n) is 10.6. The summed E-state index contributed by atoms with van der Waals surface area (Å²) in [6.45, 7) is -2.33. The summed E-state index contributed by atoms with van der Waals surface area (Å²) >= 11 is 0. The Morgan fingerprint density at radius 3 is 1.24 bits per heavy atom. The molecule has 3 aliphatic heterocycles. The molecule has 16 nitrogen and oxygen atoms in total. The lowest BCUT2D eigenvalue weighted by molar-refractivity contribution is -0.387. The molecule has 0 aliphatic carbocycles. The molecule has 0 unspecified atom stereocenters. The third kappa shape index (κ3) is 5.37. The van der Waals surface area contributed by atoms with E-state index >= 15 is 0 Å². The minimum atomic E-state index is -1.94. The third-order valence-electron chi connectivity index (χ3n) is 6.10. The highest BCUT2D eigenvalue weighted by Crippen LogP contribution is 2.32. The molecule has 200 valence electrons. The molecule has 0 radical (unpaired) electrons. The van der Waals surface area contributed by atoms with E-state index in [1.807, 2.05) is 0 Å². The molecule has 3 rings (SSSR count). The van der Waals surface area contributed by atoms with Crippen molar-refractivity contribution in [3.63, 3.8) is 0 Å². The lowest BCUT2D eigenvalue weighted by atomic mass is 9.96. The van der Waals surface area contributed by atoms with Gasteiger partial charge in [0.05, 0.1) is 19.8 Å². The Morgan fingerprint density at radius 1 is 0.441 bits per heavy atom. The van der Waals surface area contributed by atoms with Crippen molar-refractivity contribution in [1.82, 2.24) is 0 Å². The van der Waals surface area contributed by atoms with Crippen LogP contribution < -0.4 is 0 Å². The van der Waals surface area contributed by atoms with Crippen LogP contribution in [-0.4, -0.2) is 168 Å². The van der Waals surface area contributed by atoms with Gasteiger partial charge in [-0.05, 0) is 0 Å². The van der Waals surface area contributed by atoms with Crippen LogP contribution in [0.5, 0.6) is 0 Å². The fraction of sp³-hybridized carbons (Fsp3) is 1.00. The Kier molecular flexibility index (Phi) is 9.54. The molecule has 0 bridgehead atoms. The molecule has 3 aliphatic rings. The first-order chi connectivity index (χ1) is 16.0. The minimum Gasteiger partial charge on any atom is -0.394 e. The normalized spacial score (nSPS) is 52.5. The highest BCUT2D eigenvalue weighted by atomic mass is 16.8. The van der Waals surface area contributed by atoms with Crippen LogP contribution in [0.15, 0.2) is 0 Å². The molecule has 3 fully saturated rings. The molecule has 0 spiro atoms. The van der Waals surface area contributed by atoms with E-state index in [1.54, 1.807) is 0 Å². The van der Waals surface area contributed by atoms with E-state index in [0.29, 0.717) is 0 Å². The van der Waals surface area contributed by atoms with E-state index in [4.69, 9.17) is 23.7 Å². The maximum atomic E-state index is 10.6. The molecule has 15 atom stereocenters. The molecule has 16 heteroatoms. The third-order valence-corrected chi connectivity index (χ3v) is 6.10. The lowest BCUT2D eigenvalue weighted by Crippen LogP contribution is -2.67. The molecular weight excluding hydrogens is 472 g/mol. The Morgan fingerprint density at radius 2 is 0.824 bits per heavy atom. The highest BCUT2D eigenvalue weighted by Gasteiger charge is 2.53. The average molecular weight is 504 g/mol. The van der Waals surface area contributed by atoms with Gasteiger partial charge in [-0.25, -0.2) is 0 Å². The standard InChI is InChI=1S/C18H32O16/c19-1-4-7(22)10(25)12(27)17(31-4)33-14-9(24)6(3-21)30-16(29)15(14)34-18-13(28)11(26)8(23)5(2-20)32-18/h4-29H,1-3H2/t4-,5+,6-,7-,8+,9-,10+,11-,12-,13+,14+,15-,16-,17+,18+/m1/s1. The molecule has 0 amide bonds. The van der Waals surface area contributed by atoms with Crippen LogP contribution in [0.1, 0.15) is 0 Å². The first-order valence-corrected chi connectivity index (χ1v) is 10.6. The van der Waals surface area contributed by atoms with Gasteiger partial charge in [-0.2, -0.15) is 0 Å². The second kappa shape index (κ2) is 11.6. The monoisotopic (exact) mass is 504 g/mol. The van der Waals surface area contributed by atoms with Gasteiger partial charge in [-0.3, -0.25) is 0 Å². The van der Waals surface area contributed by atoms with Crippen molar-refractivity contribution >= 4 is 0 Å². The number of rotatable bonds is 7. The predicted octanol–water partition coefficient (Wildman–Crippen LogP) is -7.57. The van der Waals surface area contributed by atoms with Gasteiger partial charge < -0.3 is 79.9 Å². The molecular formula is C18H32O16. The number of hydrogen-bond acceptors (Lipinski definition) is 16. The molecule has 11 N–H and O–H groups in total. The van der Waals surface area contributed by atoms with Gasteiger partial charge in [-0.1, -0.05) is 0 Å². The summed E-state index contributed by atoms with van der Waals surface area (Å²) in [4.78, 5) is 0. The first kappa shape index (κ1) is 27.9. The zero-order valence-corrected chi connectivity index (χ0v) is 17.7. The fourth-order valence-corrected chi connectivity index (χ4v) is 4.03. The number of ether oxygens (including phenoxy) is 5. The summed E-state index contributed by atoms with van der Waals surface area (Å²) in [5.74, 6) is 0. The topological polar surface area (TPSA) is 269 Å². The maximum Gasteiger partial charge on any atom is 0.187 e. The Bertz CT molecular complexity index is 637.